The summed E-state index contributed by atoms with van der Waals surface area (Å²) in [5.74, 6) is 0.345. The molecule has 0 aliphatic carbocycles. The molecular formula is C38H45N5O5Si. The zero-order valence-electron chi connectivity index (χ0n) is 28.6. The molecule has 7 rings (SSSR count). The van der Waals surface area contributed by atoms with Gasteiger partial charge in [-0.15, -0.1) is 5.10 Å². The summed E-state index contributed by atoms with van der Waals surface area (Å²) in [4.78, 5) is 29.0. The molecule has 0 radical (unpaired) electrons. The van der Waals surface area contributed by atoms with Crippen molar-refractivity contribution in [3.63, 3.8) is 0 Å². The molecule has 10 nitrogen and oxygen atoms in total. The summed E-state index contributed by atoms with van der Waals surface area (Å²) in [6.45, 7) is 8.02. The number of methoxy groups -OCH3 is 1. The molecule has 1 aromatic heterocycles. The first-order chi connectivity index (χ1) is 23.7. The van der Waals surface area contributed by atoms with Crippen molar-refractivity contribution in [3.05, 3.63) is 95.8 Å². The van der Waals surface area contributed by atoms with Crippen LogP contribution in [0.25, 0.3) is 0 Å². The highest BCUT2D eigenvalue weighted by atomic mass is 28.3. The zero-order valence-corrected chi connectivity index (χ0v) is 29.6. The Bertz CT molecular complexity index is 1830. The number of fused-ring (bicyclic) bond motifs is 2. The fourth-order valence-corrected chi connectivity index (χ4v) is 12.6. The molecule has 4 aromatic rings. The predicted molar refractivity (Wildman–Crippen MR) is 191 cm³/mol. The van der Waals surface area contributed by atoms with Gasteiger partial charge in [0, 0.05) is 48.6 Å². The Morgan fingerprint density at radius 1 is 1.08 bits per heavy atom. The normalized spacial score (nSPS) is 24.3. The lowest BCUT2D eigenvalue weighted by Crippen LogP contribution is -2.51. The molecule has 2 amide bonds. The molecule has 256 valence electrons. The number of nitrogens with one attached hydrogen (secondary N) is 1. The monoisotopic (exact) mass is 679 g/mol. The van der Waals surface area contributed by atoms with Gasteiger partial charge in [-0.1, -0.05) is 72.9 Å². The number of anilines is 2. The van der Waals surface area contributed by atoms with Gasteiger partial charge < -0.3 is 24.8 Å². The van der Waals surface area contributed by atoms with E-state index in [1.165, 1.54) is 5.19 Å². The van der Waals surface area contributed by atoms with Gasteiger partial charge in [-0.25, -0.2) is 0 Å². The Morgan fingerprint density at radius 2 is 1.86 bits per heavy atom. The number of carbonyl (C=O) groups excluding carboxylic acids is 2. The maximum atomic E-state index is 14.2. The van der Waals surface area contributed by atoms with Gasteiger partial charge in [-0.05, 0) is 60.7 Å². The van der Waals surface area contributed by atoms with Crippen LogP contribution in [0.1, 0.15) is 55.3 Å². The van der Waals surface area contributed by atoms with E-state index in [2.05, 4.69) is 47.8 Å². The molecular weight excluding hydrogens is 635 g/mol. The van der Waals surface area contributed by atoms with Crippen LogP contribution in [-0.2, 0) is 26.5 Å². The summed E-state index contributed by atoms with van der Waals surface area (Å²) in [5.41, 5.74) is 2.92. The molecule has 2 N–H and O–H groups in total. The Balaban J connectivity index is 1.23. The lowest BCUT2D eigenvalue weighted by Gasteiger charge is -2.37. The first kappa shape index (κ1) is 33.2. The molecule has 3 aliphatic rings. The fourth-order valence-electron chi connectivity index (χ4n) is 8.53. The highest BCUT2D eigenvalue weighted by molar-refractivity contribution is 6.91. The largest absolute Gasteiger partial charge is 0.497 e. The first-order valence-corrected chi connectivity index (χ1v) is 20.4. The number of piperidine rings is 1. The fraction of sp³-hybridized carbons (Fsp3) is 0.421. The minimum absolute atomic E-state index is 0.0652. The number of carbonyl (C=O) groups is 2. The van der Waals surface area contributed by atoms with Crippen LogP contribution in [0.15, 0.2) is 79.0 Å². The van der Waals surface area contributed by atoms with E-state index in [9.17, 15) is 14.7 Å². The summed E-state index contributed by atoms with van der Waals surface area (Å²) >= 11 is 0. The van der Waals surface area contributed by atoms with Crippen molar-refractivity contribution in [2.45, 2.75) is 75.4 Å². The van der Waals surface area contributed by atoms with Gasteiger partial charge in [0.05, 0.1) is 39.5 Å². The van der Waals surface area contributed by atoms with E-state index in [-0.39, 0.29) is 41.9 Å². The molecule has 2 saturated heterocycles. The second kappa shape index (κ2) is 13.2. The SMILES string of the molecule is COc1ccc([Si](C)(C)[C@@H]2[C@@H](CCn3cc(C(CO)c4ccccc4)nn3)O[C@]3(C(=O)Nc4ccc(N5CCCCC5=O)cc43)[C@H]2C)cc1. The van der Waals surface area contributed by atoms with Crippen molar-refractivity contribution >= 4 is 36.4 Å². The van der Waals surface area contributed by atoms with Crippen LogP contribution in [0.5, 0.6) is 5.75 Å². The lowest BCUT2D eigenvalue weighted by molar-refractivity contribution is -0.143. The van der Waals surface area contributed by atoms with E-state index in [1.54, 1.807) is 7.11 Å². The summed E-state index contributed by atoms with van der Waals surface area (Å²) in [6, 6.07) is 24.0. The third kappa shape index (κ3) is 5.77. The molecule has 2 fully saturated rings. The number of aliphatic hydroxyl groups is 1. The van der Waals surface area contributed by atoms with Gasteiger partial charge in [0.15, 0.2) is 5.60 Å². The van der Waals surface area contributed by atoms with Gasteiger partial charge in [-0.3, -0.25) is 14.3 Å². The number of amides is 2. The number of aliphatic hydroxyl groups excluding tert-OH is 1. The maximum Gasteiger partial charge on any atom is 0.261 e. The van der Waals surface area contributed by atoms with Crippen molar-refractivity contribution in [3.8, 4) is 5.75 Å². The van der Waals surface area contributed by atoms with Gasteiger partial charge in [0.1, 0.15) is 5.75 Å². The van der Waals surface area contributed by atoms with E-state index in [1.807, 2.05) is 76.4 Å². The first-order valence-electron chi connectivity index (χ1n) is 17.3. The molecule has 0 saturated carbocycles. The molecule has 1 unspecified atom stereocenters. The van der Waals surface area contributed by atoms with Crippen molar-refractivity contribution in [2.75, 3.05) is 30.5 Å². The Hall–Kier alpha value is -4.32. The number of aromatic nitrogens is 3. The second-order valence-corrected chi connectivity index (χ2v) is 18.9. The van der Waals surface area contributed by atoms with Crippen LogP contribution in [0.4, 0.5) is 11.4 Å². The molecule has 49 heavy (non-hydrogen) atoms. The zero-order chi connectivity index (χ0) is 34.3. The molecule has 3 aromatic carbocycles. The summed E-state index contributed by atoms with van der Waals surface area (Å²) < 4.78 is 14.4. The minimum Gasteiger partial charge on any atom is -0.497 e. The minimum atomic E-state index is -2.31. The van der Waals surface area contributed by atoms with Crippen LogP contribution in [0.3, 0.4) is 0 Å². The number of hydrogen-bond acceptors (Lipinski definition) is 7. The number of ether oxygens (including phenoxy) is 2. The van der Waals surface area contributed by atoms with Gasteiger partial charge >= 0.3 is 0 Å². The number of rotatable bonds is 10. The molecule has 3 aliphatic heterocycles. The average molecular weight is 680 g/mol. The van der Waals surface area contributed by atoms with Crippen LogP contribution in [0, 0.1) is 5.92 Å². The van der Waals surface area contributed by atoms with Crippen molar-refractivity contribution < 1.29 is 24.2 Å². The highest BCUT2D eigenvalue weighted by Crippen LogP contribution is 2.59. The predicted octanol–water partition coefficient (Wildman–Crippen LogP) is 5.19. The number of benzene rings is 3. The lowest BCUT2D eigenvalue weighted by atomic mass is 9.82. The van der Waals surface area contributed by atoms with Crippen LogP contribution >= 0.6 is 0 Å². The summed E-state index contributed by atoms with van der Waals surface area (Å²) in [6.07, 6.45) is 4.66. The Kier molecular flexibility index (Phi) is 8.93. The van der Waals surface area contributed by atoms with Crippen LogP contribution in [0.2, 0.25) is 18.6 Å². The average Bonchev–Trinajstić information content (AvgIpc) is 3.79. The van der Waals surface area contributed by atoms with E-state index in [0.29, 0.717) is 31.6 Å². The molecule has 4 heterocycles. The second-order valence-electron chi connectivity index (χ2n) is 14.2. The van der Waals surface area contributed by atoms with Crippen molar-refractivity contribution in [1.29, 1.82) is 0 Å². The van der Waals surface area contributed by atoms with Crippen molar-refractivity contribution in [2.24, 2.45) is 5.92 Å². The molecule has 11 heteroatoms. The van der Waals surface area contributed by atoms with Crippen LogP contribution in [-0.4, -0.2) is 66.4 Å². The van der Waals surface area contributed by atoms with Crippen molar-refractivity contribution in [1.82, 2.24) is 15.0 Å². The molecule has 5 atom stereocenters. The third-order valence-electron chi connectivity index (χ3n) is 11.1. The van der Waals surface area contributed by atoms with E-state index >= 15 is 0 Å². The van der Waals surface area contributed by atoms with E-state index < -0.39 is 13.7 Å². The Labute approximate surface area is 288 Å². The summed E-state index contributed by atoms with van der Waals surface area (Å²) in [7, 11) is -0.643. The molecule has 0 bridgehead atoms. The summed E-state index contributed by atoms with van der Waals surface area (Å²) in [5, 5.41) is 23.5. The number of nitrogens with zero attached hydrogens (tertiary/aromatic N) is 4. The maximum absolute atomic E-state index is 14.2. The smallest absolute Gasteiger partial charge is 0.261 e. The highest BCUT2D eigenvalue weighted by Gasteiger charge is 2.64. The molecule has 1 spiro atoms. The van der Waals surface area contributed by atoms with Crippen LogP contribution < -0.4 is 20.1 Å². The standard InChI is InChI=1S/C38H45N5O5Si/c1-25-36(49(3,4)29-16-14-28(47-2)15-17-29)34(19-21-42-23-33(40-41-42)30(24-44)26-10-6-5-7-11-26)48-38(25)31-22-27(13-18-32(31)39-37(38)46)43-20-9-8-12-35(43)45/h5-7,10-11,13-18,22-23,25,30,34,36,44H,8-9,12,19-21,24H2,1-4H3,(H,39,46)/t25-,30?,34+,36-,38+/m0/s1. The number of hydrogen-bond donors (Lipinski definition) is 2. The Morgan fingerprint density at radius 3 is 2.57 bits per heavy atom. The van der Waals surface area contributed by atoms with Gasteiger partial charge in [0.2, 0.25) is 5.91 Å². The topological polar surface area (TPSA) is 119 Å². The van der Waals surface area contributed by atoms with Gasteiger partial charge in [0.25, 0.3) is 5.91 Å². The number of aryl methyl sites for hydroxylation is 1. The third-order valence-corrected chi connectivity index (χ3v) is 15.5. The van der Waals surface area contributed by atoms with E-state index in [0.717, 1.165) is 41.1 Å². The quantitative estimate of drug-likeness (QED) is 0.222. The van der Waals surface area contributed by atoms with E-state index in [4.69, 9.17) is 9.47 Å². The van der Waals surface area contributed by atoms with Gasteiger partial charge in [-0.2, -0.15) is 0 Å².